The van der Waals surface area contributed by atoms with Crippen LogP contribution >= 0.6 is 11.8 Å². The summed E-state index contributed by atoms with van der Waals surface area (Å²) < 4.78 is 26.5. The van der Waals surface area contributed by atoms with Gasteiger partial charge in [-0.2, -0.15) is 0 Å². The van der Waals surface area contributed by atoms with Crippen molar-refractivity contribution in [2.24, 2.45) is 10.9 Å². The third-order valence-electron chi connectivity index (χ3n) is 2.38. The van der Waals surface area contributed by atoms with Gasteiger partial charge in [-0.05, 0) is 36.4 Å². The maximum atomic E-state index is 13.7. The Labute approximate surface area is 112 Å². The summed E-state index contributed by atoms with van der Waals surface area (Å²) in [5, 5.41) is 11.5. The van der Waals surface area contributed by atoms with Gasteiger partial charge in [0.25, 0.3) is 0 Å². The van der Waals surface area contributed by atoms with Crippen molar-refractivity contribution in [3.8, 4) is 0 Å². The minimum Gasteiger partial charge on any atom is -0.409 e. The summed E-state index contributed by atoms with van der Waals surface area (Å²) in [6.45, 7) is 0. The van der Waals surface area contributed by atoms with Crippen molar-refractivity contribution < 1.29 is 14.0 Å². The van der Waals surface area contributed by atoms with E-state index in [9.17, 15) is 8.78 Å². The van der Waals surface area contributed by atoms with E-state index < -0.39 is 5.82 Å². The molecule has 0 unspecified atom stereocenters. The van der Waals surface area contributed by atoms with Crippen LogP contribution in [0.15, 0.2) is 57.4 Å². The molecule has 0 saturated heterocycles. The van der Waals surface area contributed by atoms with Crippen LogP contribution in [0.5, 0.6) is 0 Å². The lowest BCUT2D eigenvalue weighted by Crippen LogP contribution is -2.16. The van der Waals surface area contributed by atoms with E-state index in [4.69, 9.17) is 10.9 Å². The fourth-order valence-corrected chi connectivity index (χ4v) is 2.49. The molecule has 0 heterocycles. The van der Waals surface area contributed by atoms with Crippen molar-refractivity contribution in [2.75, 3.05) is 0 Å². The van der Waals surface area contributed by atoms with Crippen LogP contribution in [-0.4, -0.2) is 11.0 Å². The van der Waals surface area contributed by atoms with Gasteiger partial charge in [-0.25, -0.2) is 8.78 Å². The second-order valence-electron chi connectivity index (χ2n) is 3.65. The molecule has 0 radical (unpaired) electrons. The smallest absolute Gasteiger partial charge is 0.174 e. The zero-order chi connectivity index (χ0) is 13.8. The molecule has 0 amide bonds. The number of rotatable bonds is 3. The summed E-state index contributed by atoms with van der Waals surface area (Å²) in [7, 11) is 0. The molecule has 3 N–H and O–H groups in total. The molecule has 2 aromatic rings. The fourth-order valence-electron chi connectivity index (χ4n) is 1.52. The van der Waals surface area contributed by atoms with Crippen LogP contribution in [0.4, 0.5) is 8.78 Å². The third kappa shape index (κ3) is 3.03. The first kappa shape index (κ1) is 13.4. The minimum absolute atomic E-state index is 0.0272. The molecule has 0 spiro atoms. The van der Waals surface area contributed by atoms with Crippen LogP contribution in [0.2, 0.25) is 0 Å². The predicted octanol–water partition coefficient (Wildman–Crippen LogP) is 3.21. The molecule has 6 heteroatoms. The lowest BCUT2D eigenvalue weighted by molar-refractivity contribution is 0.318. The van der Waals surface area contributed by atoms with Gasteiger partial charge in [-0.3, -0.25) is 0 Å². The van der Waals surface area contributed by atoms with Crippen LogP contribution in [-0.2, 0) is 0 Å². The van der Waals surface area contributed by atoms with Crippen molar-refractivity contribution in [3.63, 3.8) is 0 Å². The molecule has 0 aliphatic carbocycles. The second kappa shape index (κ2) is 5.71. The molecule has 3 nitrogen and oxygen atoms in total. The molecule has 0 bridgehead atoms. The summed E-state index contributed by atoms with van der Waals surface area (Å²) in [4.78, 5) is 1.21. The number of nitrogens with zero attached hydrogens (tertiary/aromatic N) is 1. The van der Waals surface area contributed by atoms with Crippen molar-refractivity contribution in [1.82, 2.24) is 0 Å². The van der Waals surface area contributed by atoms with Crippen molar-refractivity contribution >= 4 is 17.6 Å². The normalized spacial score (nSPS) is 11.6. The van der Waals surface area contributed by atoms with Gasteiger partial charge >= 0.3 is 0 Å². The Morgan fingerprint density at radius 2 is 1.79 bits per heavy atom. The summed E-state index contributed by atoms with van der Waals surface area (Å²) in [5.41, 5.74) is 5.49. The van der Waals surface area contributed by atoms with Gasteiger partial charge in [0.05, 0.1) is 5.56 Å². The molecular formula is C13H10F2N2OS. The van der Waals surface area contributed by atoms with Crippen LogP contribution in [0.1, 0.15) is 5.56 Å². The largest absolute Gasteiger partial charge is 0.409 e. The van der Waals surface area contributed by atoms with Gasteiger partial charge < -0.3 is 10.9 Å². The highest BCUT2D eigenvalue weighted by Crippen LogP contribution is 2.31. The maximum absolute atomic E-state index is 13.7. The van der Waals surface area contributed by atoms with Crippen LogP contribution in [0.25, 0.3) is 0 Å². The van der Waals surface area contributed by atoms with Crippen LogP contribution < -0.4 is 5.73 Å². The topological polar surface area (TPSA) is 58.6 Å². The quantitative estimate of drug-likeness (QED) is 0.393. The van der Waals surface area contributed by atoms with Gasteiger partial charge in [-0.15, -0.1) is 0 Å². The number of nitrogens with two attached hydrogens (primary N) is 1. The van der Waals surface area contributed by atoms with Gasteiger partial charge in [0.2, 0.25) is 0 Å². The van der Waals surface area contributed by atoms with Gasteiger partial charge in [0.15, 0.2) is 5.84 Å². The fraction of sp³-hybridized carbons (Fsp3) is 0. The Balaban J connectivity index is 2.40. The predicted molar refractivity (Wildman–Crippen MR) is 69.4 cm³/mol. The maximum Gasteiger partial charge on any atom is 0.174 e. The lowest BCUT2D eigenvalue weighted by Gasteiger charge is -2.08. The number of halogens is 2. The minimum atomic E-state index is -0.581. The number of hydrogen-bond donors (Lipinski definition) is 2. The Morgan fingerprint density at radius 3 is 2.42 bits per heavy atom. The Hall–Kier alpha value is -2.08. The van der Waals surface area contributed by atoms with E-state index in [0.717, 1.165) is 4.90 Å². The molecular weight excluding hydrogens is 270 g/mol. The van der Waals surface area contributed by atoms with Crippen molar-refractivity contribution in [2.45, 2.75) is 9.79 Å². The third-order valence-corrected chi connectivity index (χ3v) is 3.45. The summed E-state index contributed by atoms with van der Waals surface area (Å²) >= 11 is 1.20. The molecule has 2 aromatic carbocycles. The van der Waals surface area contributed by atoms with Crippen LogP contribution in [0, 0.1) is 11.6 Å². The monoisotopic (exact) mass is 280 g/mol. The molecule has 0 aliphatic rings. The summed E-state index contributed by atoms with van der Waals surface area (Å²) in [6, 6.07) is 10.2. The number of benzene rings is 2. The summed E-state index contributed by atoms with van der Waals surface area (Å²) in [6.07, 6.45) is 0. The highest BCUT2D eigenvalue weighted by Gasteiger charge is 2.13. The average molecular weight is 280 g/mol. The van der Waals surface area contributed by atoms with E-state index in [2.05, 4.69) is 5.16 Å². The molecule has 0 aromatic heterocycles. The van der Waals surface area contributed by atoms with E-state index in [1.807, 2.05) is 0 Å². The highest BCUT2D eigenvalue weighted by atomic mass is 32.2. The molecule has 2 rings (SSSR count). The number of hydrogen-bond acceptors (Lipinski definition) is 3. The van der Waals surface area contributed by atoms with Gasteiger partial charge in [0.1, 0.15) is 11.6 Å². The van der Waals surface area contributed by atoms with E-state index >= 15 is 0 Å². The highest BCUT2D eigenvalue weighted by molar-refractivity contribution is 7.99. The van der Waals surface area contributed by atoms with Crippen LogP contribution in [0.3, 0.4) is 0 Å². The first-order valence-electron chi connectivity index (χ1n) is 5.31. The zero-order valence-electron chi connectivity index (χ0n) is 9.68. The van der Waals surface area contributed by atoms with E-state index in [0.29, 0.717) is 4.90 Å². The van der Waals surface area contributed by atoms with E-state index in [1.54, 1.807) is 18.2 Å². The molecule has 0 saturated carbocycles. The second-order valence-corrected chi connectivity index (χ2v) is 4.77. The molecule has 0 atom stereocenters. The van der Waals surface area contributed by atoms with Gasteiger partial charge in [-0.1, -0.05) is 23.0 Å². The number of amidine groups is 1. The average Bonchev–Trinajstić information content (AvgIpc) is 2.41. The first-order valence-corrected chi connectivity index (χ1v) is 6.13. The molecule has 98 valence electrons. The lowest BCUT2D eigenvalue weighted by atomic mass is 10.2. The SMILES string of the molecule is NC(=NO)c1c(F)cccc1Sc1ccc(F)cc1. The number of oxime groups is 1. The first-order chi connectivity index (χ1) is 9.11. The van der Waals surface area contributed by atoms with E-state index in [-0.39, 0.29) is 17.2 Å². The molecule has 0 fully saturated rings. The standard InChI is InChI=1S/C13H10F2N2OS/c14-8-4-6-9(7-5-8)19-11-3-1-2-10(15)12(11)13(16)17-18/h1-7,18H,(H2,16,17). The Kier molecular flexibility index (Phi) is 4.01. The molecule has 19 heavy (non-hydrogen) atoms. The van der Waals surface area contributed by atoms with Gasteiger partial charge in [0, 0.05) is 9.79 Å². The summed E-state index contributed by atoms with van der Waals surface area (Å²) in [5.74, 6) is -1.23. The van der Waals surface area contributed by atoms with Crippen molar-refractivity contribution in [1.29, 1.82) is 0 Å². The zero-order valence-corrected chi connectivity index (χ0v) is 10.5. The van der Waals surface area contributed by atoms with Crippen molar-refractivity contribution in [3.05, 3.63) is 59.7 Å². The molecule has 0 aliphatic heterocycles. The Bertz CT molecular complexity index is 615. The van der Waals surface area contributed by atoms with E-state index in [1.165, 1.54) is 36.0 Å². The Morgan fingerprint density at radius 1 is 1.11 bits per heavy atom.